The molecular weight excluding hydrogens is 268 g/mol. The molecule has 0 aliphatic rings. The van der Waals surface area contributed by atoms with Crippen LogP contribution in [-0.4, -0.2) is 28.4 Å². The van der Waals surface area contributed by atoms with Crippen LogP contribution in [0.5, 0.6) is 0 Å². The second kappa shape index (κ2) is 4.24. The van der Waals surface area contributed by atoms with Crippen molar-refractivity contribution < 1.29 is 0 Å². The van der Waals surface area contributed by atoms with Crippen LogP contribution in [-0.2, 0) is 6.54 Å². The molecule has 0 aliphatic heterocycles. The Morgan fingerprint density at radius 2 is 2.25 bits per heavy atom. The molecule has 4 nitrogen and oxygen atoms in total. The first kappa shape index (κ1) is 11.1. The SMILES string of the molecule is CN(C)Cc1ccc(Br)c2ncc(C#N)n12. The highest BCUT2D eigenvalue weighted by Gasteiger charge is 2.10. The maximum absolute atomic E-state index is 9.03. The number of pyridine rings is 1. The number of hydrogen-bond acceptors (Lipinski definition) is 3. The minimum Gasteiger partial charge on any atom is -0.304 e. The van der Waals surface area contributed by atoms with Crippen molar-refractivity contribution in [2.24, 2.45) is 0 Å². The van der Waals surface area contributed by atoms with Crippen LogP contribution >= 0.6 is 15.9 Å². The molecule has 0 radical (unpaired) electrons. The number of rotatable bonds is 2. The van der Waals surface area contributed by atoms with Gasteiger partial charge in [-0.15, -0.1) is 0 Å². The highest BCUT2D eigenvalue weighted by Crippen LogP contribution is 2.20. The van der Waals surface area contributed by atoms with E-state index < -0.39 is 0 Å². The van der Waals surface area contributed by atoms with Crippen molar-refractivity contribution >= 4 is 21.6 Å². The van der Waals surface area contributed by atoms with Crippen molar-refractivity contribution in [3.05, 3.63) is 34.2 Å². The second-order valence-corrected chi connectivity index (χ2v) is 4.68. The van der Waals surface area contributed by atoms with Crippen LogP contribution in [0.1, 0.15) is 11.4 Å². The van der Waals surface area contributed by atoms with Crippen molar-refractivity contribution in [1.82, 2.24) is 14.3 Å². The molecule has 0 aromatic carbocycles. The van der Waals surface area contributed by atoms with Gasteiger partial charge in [-0.2, -0.15) is 5.26 Å². The third kappa shape index (κ3) is 1.82. The van der Waals surface area contributed by atoms with Crippen LogP contribution in [0.4, 0.5) is 0 Å². The van der Waals surface area contributed by atoms with Crippen LogP contribution in [0.2, 0.25) is 0 Å². The fourth-order valence-electron chi connectivity index (χ4n) is 1.66. The predicted molar refractivity (Wildman–Crippen MR) is 65.0 cm³/mol. The maximum Gasteiger partial charge on any atom is 0.152 e. The molecule has 0 fully saturated rings. The first-order valence-electron chi connectivity index (χ1n) is 4.83. The lowest BCUT2D eigenvalue weighted by atomic mass is 10.3. The van der Waals surface area contributed by atoms with E-state index in [4.69, 9.17) is 5.26 Å². The Balaban J connectivity index is 2.70. The van der Waals surface area contributed by atoms with Crippen LogP contribution in [0.3, 0.4) is 0 Å². The van der Waals surface area contributed by atoms with E-state index >= 15 is 0 Å². The Labute approximate surface area is 102 Å². The van der Waals surface area contributed by atoms with Gasteiger partial charge in [0.15, 0.2) is 5.65 Å². The van der Waals surface area contributed by atoms with Gasteiger partial charge in [-0.1, -0.05) is 0 Å². The van der Waals surface area contributed by atoms with Crippen molar-refractivity contribution in [3.8, 4) is 6.07 Å². The van der Waals surface area contributed by atoms with E-state index in [9.17, 15) is 0 Å². The molecule has 0 aliphatic carbocycles. The number of imidazole rings is 1. The quantitative estimate of drug-likeness (QED) is 0.845. The highest BCUT2D eigenvalue weighted by molar-refractivity contribution is 9.10. The molecule has 0 bridgehead atoms. The number of aromatic nitrogens is 2. The van der Waals surface area contributed by atoms with Crippen molar-refractivity contribution in [1.29, 1.82) is 5.26 Å². The number of halogens is 1. The van der Waals surface area contributed by atoms with Gasteiger partial charge in [0, 0.05) is 12.2 Å². The van der Waals surface area contributed by atoms with E-state index in [0.717, 1.165) is 22.4 Å². The summed E-state index contributed by atoms with van der Waals surface area (Å²) in [6.45, 7) is 0.773. The van der Waals surface area contributed by atoms with Gasteiger partial charge in [0.1, 0.15) is 11.8 Å². The summed E-state index contributed by atoms with van der Waals surface area (Å²) in [4.78, 5) is 6.29. The molecule has 0 saturated carbocycles. The molecule has 82 valence electrons. The number of nitrogens with zero attached hydrogens (tertiary/aromatic N) is 4. The van der Waals surface area contributed by atoms with Crippen molar-refractivity contribution in [3.63, 3.8) is 0 Å². The Morgan fingerprint density at radius 1 is 1.50 bits per heavy atom. The van der Waals surface area contributed by atoms with Gasteiger partial charge in [-0.05, 0) is 42.2 Å². The van der Waals surface area contributed by atoms with E-state index in [-0.39, 0.29) is 0 Å². The van der Waals surface area contributed by atoms with Gasteiger partial charge < -0.3 is 4.90 Å². The molecular formula is C11H11BrN4. The summed E-state index contributed by atoms with van der Waals surface area (Å²) in [5.41, 5.74) is 2.40. The van der Waals surface area contributed by atoms with Crippen molar-refractivity contribution in [2.45, 2.75) is 6.54 Å². The summed E-state index contributed by atoms with van der Waals surface area (Å²) in [5.74, 6) is 0. The second-order valence-electron chi connectivity index (χ2n) is 3.82. The van der Waals surface area contributed by atoms with Crippen LogP contribution in [0.15, 0.2) is 22.8 Å². The zero-order valence-electron chi connectivity index (χ0n) is 9.11. The van der Waals surface area contributed by atoms with E-state index in [1.807, 2.05) is 30.6 Å². The zero-order chi connectivity index (χ0) is 11.7. The zero-order valence-corrected chi connectivity index (χ0v) is 10.7. The lowest BCUT2D eigenvalue weighted by Crippen LogP contribution is -2.14. The fraction of sp³-hybridized carbons (Fsp3) is 0.273. The van der Waals surface area contributed by atoms with Crippen LogP contribution in [0.25, 0.3) is 5.65 Å². The van der Waals surface area contributed by atoms with Crippen molar-refractivity contribution in [2.75, 3.05) is 14.1 Å². The molecule has 2 rings (SSSR count). The molecule has 0 amide bonds. The molecule has 2 heterocycles. The predicted octanol–water partition coefficient (Wildman–Crippen LogP) is 2.03. The molecule has 2 aromatic rings. The fourth-order valence-corrected chi connectivity index (χ4v) is 2.07. The smallest absolute Gasteiger partial charge is 0.152 e. The average molecular weight is 279 g/mol. The molecule has 0 saturated heterocycles. The van der Waals surface area contributed by atoms with Gasteiger partial charge in [0.05, 0.1) is 10.7 Å². The van der Waals surface area contributed by atoms with E-state index in [1.165, 1.54) is 0 Å². The van der Waals surface area contributed by atoms with Gasteiger partial charge in [-0.3, -0.25) is 4.40 Å². The molecule has 16 heavy (non-hydrogen) atoms. The van der Waals surface area contributed by atoms with Crippen LogP contribution < -0.4 is 0 Å². The number of fused-ring (bicyclic) bond motifs is 1. The van der Waals surface area contributed by atoms with Gasteiger partial charge >= 0.3 is 0 Å². The first-order chi connectivity index (χ1) is 7.63. The summed E-state index contributed by atoms with van der Waals surface area (Å²) >= 11 is 3.43. The third-order valence-corrected chi connectivity index (χ3v) is 2.90. The highest BCUT2D eigenvalue weighted by atomic mass is 79.9. The summed E-state index contributed by atoms with van der Waals surface area (Å²) in [5, 5.41) is 9.03. The van der Waals surface area contributed by atoms with Crippen LogP contribution in [0, 0.1) is 11.3 Å². The van der Waals surface area contributed by atoms with E-state index in [0.29, 0.717) is 5.69 Å². The molecule has 2 aromatic heterocycles. The summed E-state index contributed by atoms with van der Waals surface area (Å²) < 4.78 is 2.78. The third-order valence-electron chi connectivity index (χ3n) is 2.28. The summed E-state index contributed by atoms with van der Waals surface area (Å²) in [7, 11) is 3.99. The standard InChI is InChI=1S/C11H11BrN4/c1-15(2)7-8-3-4-10(12)11-14-6-9(5-13)16(8)11/h3-4,6H,7H2,1-2H3. The average Bonchev–Trinajstić information content (AvgIpc) is 2.66. The Morgan fingerprint density at radius 3 is 2.88 bits per heavy atom. The lowest BCUT2D eigenvalue weighted by Gasteiger charge is -2.12. The van der Waals surface area contributed by atoms with Gasteiger partial charge in [0.2, 0.25) is 0 Å². The molecule has 5 heteroatoms. The monoisotopic (exact) mass is 278 g/mol. The normalized spacial score (nSPS) is 10.9. The number of hydrogen-bond donors (Lipinski definition) is 0. The number of nitriles is 1. The summed E-state index contributed by atoms with van der Waals surface area (Å²) in [6.07, 6.45) is 1.60. The Hall–Kier alpha value is -1.38. The minimum atomic E-state index is 0.563. The maximum atomic E-state index is 9.03. The van der Waals surface area contributed by atoms with Gasteiger partial charge in [0.25, 0.3) is 0 Å². The van der Waals surface area contributed by atoms with E-state index in [2.05, 4.69) is 31.9 Å². The molecule has 0 N–H and O–H groups in total. The Kier molecular flexibility index (Phi) is 2.95. The van der Waals surface area contributed by atoms with E-state index in [1.54, 1.807) is 6.20 Å². The lowest BCUT2D eigenvalue weighted by molar-refractivity contribution is 0.394. The first-order valence-corrected chi connectivity index (χ1v) is 5.62. The molecule has 0 spiro atoms. The Bertz CT molecular complexity index is 565. The van der Waals surface area contributed by atoms with Gasteiger partial charge in [-0.25, -0.2) is 4.98 Å². The summed E-state index contributed by atoms with van der Waals surface area (Å²) in [6, 6.07) is 6.11. The largest absolute Gasteiger partial charge is 0.304 e. The minimum absolute atomic E-state index is 0.563. The molecule has 0 unspecified atom stereocenters. The topological polar surface area (TPSA) is 44.3 Å². The molecule has 0 atom stereocenters.